The molecule has 0 radical (unpaired) electrons. The standard InChI is InChI=1S/C32H10F6N6/c33-21-7-15(8-22(34)25(21)37)13-1-3-17-19(5-13)27(41-11-39)31-29(17)43-32-28(42-12-40)20-6-14(2-4-18(20)30(32)44-31)16-9-23(35)26(38)24(36)10-16/h1-10H/b41-27+,42-28+. The smallest absolute Gasteiger partial charge is 0.206 e. The van der Waals surface area contributed by atoms with E-state index in [1.807, 2.05) is 0 Å². The number of aromatic nitrogens is 2. The van der Waals surface area contributed by atoms with Gasteiger partial charge in [-0.2, -0.15) is 20.5 Å². The zero-order chi connectivity index (χ0) is 30.9. The molecule has 7 rings (SSSR count). The van der Waals surface area contributed by atoms with Crippen molar-refractivity contribution in [1.82, 2.24) is 9.97 Å². The van der Waals surface area contributed by atoms with Gasteiger partial charge in [-0.25, -0.2) is 36.3 Å². The van der Waals surface area contributed by atoms with Crippen LogP contribution in [0.2, 0.25) is 0 Å². The lowest BCUT2D eigenvalue weighted by molar-refractivity contribution is 0.447. The molecule has 0 spiro atoms. The molecule has 0 aliphatic carbocycles. The lowest BCUT2D eigenvalue weighted by Crippen LogP contribution is -2.03. The van der Waals surface area contributed by atoms with Gasteiger partial charge >= 0.3 is 0 Å². The minimum Gasteiger partial charge on any atom is -0.241 e. The normalized spacial score (nSPS) is 12.5. The van der Waals surface area contributed by atoms with E-state index in [1.165, 1.54) is 24.3 Å². The van der Waals surface area contributed by atoms with Crippen LogP contribution in [0.1, 0.15) is 0 Å². The van der Waals surface area contributed by atoms with Crippen molar-refractivity contribution < 1.29 is 26.3 Å². The maximum atomic E-state index is 14.0. The molecule has 0 saturated heterocycles. The Kier molecular flexibility index (Phi) is 5.90. The summed E-state index contributed by atoms with van der Waals surface area (Å²) in [5.74, 6) is -8.66. The Hall–Kier alpha value is -6.14. The maximum absolute atomic E-state index is 14.0. The molecular formula is C32H10F6N6. The zero-order valence-electron chi connectivity index (χ0n) is 21.7. The van der Waals surface area contributed by atoms with E-state index in [0.29, 0.717) is 32.7 Å². The summed E-state index contributed by atoms with van der Waals surface area (Å²) in [7, 11) is 0. The lowest BCUT2D eigenvalue weighted by Gasteiger charge is -2.04. The van der Waals surface area contributed by atoms with Crippen molar-refractivity contribution in [3.8, 4) is 34.6 Å². The molecule has 0 aliphatic rings. The first kappa shape index (κ1) is 26.7. The van der Waals surface area contributed by atoms with Crippen molar-refractivity contribution in [2.45, 2.75) is 0 Å². The highest BCUT2D eigenvalue weighted by Crippen LogP contribution is 2.33. The van der Waals surface area contributed by atoms with E-state index in [9.17, 15) is 36.9 Å². The summed E-state index contributed by atoms with van der Waals surface area (Å²) in [6, 6.07) is 12.7. The molecule has 0 saturated carbocycles. The van der Waals surface area contributed by atoms with E-state index < -0.39 is 34.9 Å². The van der Waals surface area contributed by atoms with Crippen molar-refractivity contribution in [2.24, 2.45) is 9.98 Å². The van der Waals surface area contributed by atoms with Gasteiger partial charge in [0.25, 0.3) is 0 Å². The summed E-state index contributed by atoms with van der Waals surface area (Å²) in [4.78, 5) is 17.3. The van der Waals surface area contributed by atoms with Crippen molar-refractivity contribution in [3.63, 3.8) is 0 Å². The minimum atomic E-state index is -1.60. The van der Waals surface area contributed by atoms with Crippen LogP contribution in [0.5, 0.6) is 0 Å². The third-order valence-electron chi connectivity index (χ3n) is 7.36. The number of hydrogen-bond donors (Lipinski definition) is 0. The molecule has 6 nitrogen and oxygen atoms in total. The van der Waals surface area contributed by atoms with Crippen molar-refractivity contribution in [1.29, 1.82) is 10.5 Å². The molecule has 12 heteroatoms. The van der Waals surface area contributed by atoms with Crippen LogP contribution in [-0.4, -0.2) is 9.97 Å². The highest BCUT2D eigenvalue weighted by atomic mass is 19.2. The van der Waals surface area contributed by atoms with Crippen molar-refractivity contribution >= 4 is 43.6 Å². The average molecular weight is 592 g/mol. The molecule has 1 heterocycles. The van der Waals surface area contributed by atoms with E-state index in [2.05, 4.69) is 9.98 Å². The molecule has 0 amide bonds. The Balaban J connectivity index is 1.52. The van der Waals surface area contributed by atoms with Crippen molar-refractivity contribution in [2.75, 3.05) is 0 Å². The second-order valence-corrected chi connectivity index (χ2v) is 9.77. The Morgan fingerprint density at radius 2 is 0.818 bits per heavy atom. The molecule has 0 fully saturated rings. The number of nitriles is 2. The number of nitrogens with zero attached hydrogens (tertiary/aromatic N) is 6. The molecular weight excluding hydrogens is 582 g/mol. The number of rotatable bonds is 2. The van der Waals surface area contributed by atoms with Crippen LogP contribution in [0, 0.1) is 57.8 Å². The number of hydrogen-bond acceptors (Lipinski definition) is 6. The predicted octanol–water partition coefficient (Wildman–Crippen LogP) is 6.90. The van der Waals surface area contributed by atoms with Gasteiger partial charge in [0.2, 0.25) is 12.4 Å². The number of halogens is 6. The largest absolute Gasteiger partial charge is 0.241 e. The number of benzene rings is 4. The fourth-order valence-corrected chi connectivity index (χ4v) is 5.42. The van der Waals surface area contributed by atoms with Gasteiger partial charge in [0.1, 0.15) is 21.7 Å². The molecule has 7 aromatic rings. The second kappa shape index (κ2) is 9.71. The molecule has 0 unspecified atom stereocenters. The van der Waals surface area contributed by atoms with Crippen LogP contribution in [0.3, 0.4) is 0 Å². The van der Waals surface area contributed by atoms with Gasteiger partial charge in [-0.15, -0.1) is 0 Å². The molecule has 6 aromatic carbocycles. The Bertz CT molecular complexity index is 2380. The molecule has 0 aliphatic heterocycles. The Labute approximate surface area is 241 Å². The van der Waals surface area contributed by atoms with E-state index in [0.717, 1.165) is 24.3 Å². The van der Waals surface area contributed by atoms with Crippen molar-refractivity contribution in [3.05, 3.63) is 106 Å². The quantitative estimate of drug-likeness (QED) is 0.124. The summed E-state index contributed by atoms with van der Waals surface area (Å²) < 4.78 is 82.9. The van der Waals surface area contributed by atoms with Crippen LogP contribution < -0.4 is 10.7 Å². The highest BCUT2D eigenvalue weighted by molar-refractivity contribution is 6.15. The average Bonchev–Trinajstić information content (AvgIpc) is 3.48. The summed E-state index contributed by atoms with van der Waals surface area (Å²) in [6.07, 6.45) is 3.45. The van der Waals surface area contributed by atoms with Gasteiger partial charge < -0.3 is 0 Å². The first-order valence-corrected chi connectivity index (χ1v) is 12.7. The Morgan fingerprint density at radius 3 is 1.16 bits per heavy atom. The highest BCUT2D eigenvalue weighted by Gasteiger charge is 2.20. The SMILES string of the molecule is N#C/N=c1\c2cc(-c3cc(F)c(F)c(F)c3)ccc2c2nc3/c(=N/C#N)c4cc(-c5cc(F)c(F)c(F)c5)ccc4c3nc12. The monoisotopic (exact) mass is 592 g/mol. The Morgan fingerprint density at radius 1 is 0.455 bits per heavy atom. The molecule has 210 valence electrons. The van der Waals surface area contributed by atoms with Crippen LogP contribution in [0.25, 0.3) is 65.9 Å². The summed E-state index contributed by atoms with van der Waals surface area (Å²) >= 11 is 0. The first-order chi connectivity index (χ1) is 21.2. The molecule has 44 heavy (non-hydrogen) atoms. The molecule has 0 N–H and O–H groups in total. The first-order valence-electron chi connectivity index (χ1n) is 12.7. The van der Waals surface area contributed by atoms with Crippen LogP contribution in [0.4, 0.5) is 26.3 Å². The number of fused-ring (bicyclic) bond motifs is 6. The van der Waals surface area contributed by atoms with E-state index >= 15 is 0 Å². The van der Waals surface area contributed by atoms with Crippen LogP contribution in [0.15, 0.2) is 70.6 Å². The van der Waals surface area contributed by atoms with E-state index in [-0.39, 0.29) is 43.9 Å². The predicted molar refractivity (Wildman–Crippen MR) is 147 cm³/mol. The molecule has 0 bridgehead atoms. The molecule has 0 atom stereocenters. The topological polar surface area (TPSA) is 98.1 Å². The van der Waals surface area contributed by atoms with Gasteiger partial charge in [-0.05, 0) is 58.7 Å². The second-order valence-electron chi connectivity index (χ2n) is 9.77. The summed E-state index contributed by atoms with van der Waals surface area (Å²) in [5.41, 5.74) is 1.73. The van der Waals surface area contributed by atoms with Crippen LogP contribution >= 0.6 is 0 Å². The third kappa shape index (κ3) is 3.89. The maximum Gasteiger partial charge on any atom is 0.206 e. The zero-order valence-corrected chi connectivity index (χ0v) is 21.7. The fraction of sp³-hybridized carbons (Fsp3) is 0. The van der Waals surface area contributed by atoms with Gasteiger partial charge in [-0.1, -0.05) is 24.3 Å². The van der Waals surface area contributed by atoms with Crippen LogP contribution in [-0.2, 0) is 0 Å². The van der Waals surface area contributed by atoms with E-state index in [4.69, 9.17) is 9.97 Å². The third-order valence-corrected chi connectivity index (χ3v) is 7.36. The van der Waals surface area contributed by atoms with E-state index in [1.54, 1.807) is 24.5 Å². The summed E-state index contributed by atoms with van der Waals surface area (Å²) in [5, 5.41) is 20.9. The molecule has 1 aromatic heterocycles. The fourth-order valence-electron chi connectivity index (χ4n) is 5.42. The van der Waals surface area contributed by atoms with Gasteiger partial charge in [0, 0.05) is 21.5 Å². The summed E-state index contributed by atoms with van der Waals surface area (Å²) in [6.45, 7) is 0. The van der Waals surface area contributed by atoms with Gasteiger partial charge in [0.15, 0.2) is 34.9 Å². The van der Waals surface area contributed by atoms with Gasteiger partial charge in [-0.3, -0.25) is 0 Å². The minimum absolute atomic E-state index is 0.0500. The van der Waals surface area contributed by atoms with Gasteiger partial charge in [0.05, 0.1) is 11.0 Å². The lowest BCUT2D eigenvalue weighted by atomic mass is 10.0.